The molecule has 4 heteroatoms. The van der Waals surface area contributed by atoms with Crippen molar-refractivity contribution in [3.8, 4) is 11.6 Å². The molecule has 0 saturated heterocycles. The third-order valence-corrected chi connectivity index (χ3v) is 2.52. The fourth-order valence-electron chi connectivity index (χ4n) is 1.82. The Bertz CT molecular complexity index is 529. The molecule has 0 fully saturated rings. The monoisotopic (exact) mass is 199 g/mol. The van der Waals surface area contributed by atoms with Crippen molar-refractivity contribution in [1.29, 1.82) is 0 Å². The van der Waals surface area contributed by atoms with Crippen molar-refractivity contribution in [3.63, 3.8) is 0 Å². The van der Waals surface area contributed by atoms with Crippen molar-refractivity contribution < 1.29 is 4.42 Å². The van der Waals surface area contributed by atoms with Crippen LogP contribution in [0, 0.1) is 0 Å². The number of pyridine rings is 1. The van der Waals surface area contributed by atoms with Gasteiger partial charge in [-0.15, -0.1) is 0 Å². The number of nitrogens with zero attached hydrogens (tertiary/aromatic N) is 3. The van der Waals surface area contributed by atoms with Gasteiger partial charge in [0.25, 0.3) is 0 Å². The molecule has 3 heterocycles. The van der Waals surface area contributed by atoms with E-state index in [2.05, 4.69) is 15.0 Å². The van der Waals surface area contributed by atoms with Gasteiger partial charge in [0.05, 0.1) is 12.7 Å². The van der Waals surface area contributed by atoms with Crippen LogP contribution in [0.15, 0.2) is 34.1 Å². The lowest BCUT2D eigenvalue weighted by Crippen LogP contribution is -1.98. The molecule has 2 aromatic heterocycles. The topological polar surface area (TPSA) is 51.3 Å². The maximum Gasteiger partial charge on any atom is 0.245 e. The van der Waals surface area contributed by atoms with Gasteiger partial charge in [0.1, 0.15) is 12.0 Å². The van der Waals surface area contributed by atoms with Gasteiger partial charge < -0.3 is 4.42 Å². The zero-order valence-electron chi connectivity index (χ0n) is 8.27. The molecule has 0 spiro atoms. The molecule has 74 valence electrons. The highest BCUT2D eigenvalue weighted by Crippen LogP contribution is 2.27. The van der Waals surface area contributed by atoms with Crippen LogP contribution in [0.25, 0.3) is 11.6 Å². The Morgan fingerprint density at radius 3 is 3.00 bits per heavy atom. The molecule has 1 aliphatic heterocycles. The highest BCUT2D eigenvalue weighted by atomic mass is 16.3. The number of oxazole rings is 1. The molecular weight excluding hydrogens is 190 g/mol. The van der Waals surface area contributed by atoms with Crippen LogP contribution in [0.3, 0.4) is 0 Å². The fourth-order valence-corrected chi connectivity index (χ4v) is 1.82. The average molecular weight is 199 g/mol. The van der Waals surface area contributed by atoms with Crippen LogP contribution in [-0.2, 0) is 6.54 Å². The normalized spacial score (nSPS) is 13.8. The van der Waals surface area contributed by atoms with Crippen molar-refractivity contribution in [2.45, 2.75) is 13.5 Å². The third kappa shape index (κ3) is 1.18. The van der Waals surface area contributed by atoms with Gasteiger partial charge in [-0.2, -0.15) is 0 Å². The van der Waals surface area contributed by atoms with E-state index in [4.69, 9.17) is 4.42 Å². The SMILES string of the molecule is CC1=NCc2ccnc(-c3ncco3)c21. The summed E-state index contributed by atoms with van der Waals surface area (Å²) >= 11 is 0. The van der Waals surface area contributed by atoms with E-state index >= 15 is 0 Å². The largest absolute Gasteiger partial charge is 0.443 e. The Morgan fingerprint density at radius 2 is 2.20 bits per heavy atom. The molecular formula is C11H9N3O. The Hall–Kier alpha value is -1.97. The van der Waals surface area contributed by atoms with Crippen LogP contribution < -0.4 is 0 Å². The highest BCUT2D eigenvalue weighted by Gasteiger charge is 2.20. The Morgan fingerprint density at radius 1 is 1.27 bits per heavy atom. The predicted molar refractivity (Wildman–Crippen MR) is 55.6 cm³/mol. The van der Waals surface area contributed by atoms with Crippen molar-refractivity contribution >= 4 is 5.71 Å². The minimum Gasteiger partial charge on any atom is -0.443 e. The van der Waals surface area contributed by atoms with Crippen molar-refractivity contribution in [3.05, 3.63) is 35.9 Å². The van der Waals surface area contributed by atoms with Crippen LogP contribution in [0.2, 0.25) is 0 Å². The standard InChI is InChI=1S/C11H9N3O/c1-7-9-8(6-14-7)2-3-12-10(9)11-13-4-5-15-11/h2-5H,6H2,1H3. The molecule has 0 radical (unpaired) electrons. The Kier molecular flexibility index (Phi) is 1.68. The second-order valence-electron chi connectivity index (χ2n) is 3.43. The first-order valence-corrected chi connectivity index (χ1v) is 4.75. The lowest BCUT2D eigenvalue weighted by molar-refractivity contribution is 0.572. The van der Waals surface area contributed by atoms with Gasteiger partial charge >= 0.3 is 0 Å². The maximum atomic E-state index is 5.26. The van der Waals surface area contributed by atoms with Crippen molar-refractivity contribution in [1.82, 2.24) is 9.97 Å². The van der Waals surface area contributed by atoms with Gasteiger partial charge in [0.2, 0.25) is 5.89 Å². The van der Waals surface area contributed by atoms with Crippen LogP contribution in [0.1, 0.15) is 18.1 Å². The molecule has 4 nitrogen and oxygen atoms in total. The zero-order valence-corrected chi connectivity index (χ0v) is 8.27. The lowest BCUT2D eigenvalue weighted by Gasteiger charge is -2.03. The number of fused-ring (bicyclic) bond motifs is 1. The zero-order chi connectivity index (χ0) is 10.3. The lowest BCUT2D eigenvalue weighted by atomic mass is 10.1. The molecule has 0 bridgehead atoms. The second kappa shape index (κ2) is 3.02. The average Bonchev–Trinajstić information content (AvgIpc) is 2.88. The molecule has 3 rings (SSSR count). The summed E-state index contributed by atoms with van der Waals surface area (Å²) in [6.45, 7) is 2.72. The van der Waals surface area contributed by atoms with Gasteiger partial charge in [-0.25, -0.2) is 4.98 Å². The third-order valence-electron chi connectivity index (χ3n) is 2.52. The number of hydrogen-bond donors (Lipinski definition) is 0. The minimum absolute atomic E-state index is 0.559. The molecule has 0 atom stereocenters. The predicted octanol–water partition coefficient (Wildman–Crippen LogP) is 2.06. The molecule has 0 unspecified atom stereocenters. The Balaban J connectivity index is 2.26. The molecule has 0 saturated carbocycles. The molecule has 2 aromatic rings. The van der Waals surface area contributed by atoms with Crippen molar-refractivity contribution in [2.75, 3.05) is 0 Å². The summed E-state index contributed by atoms with van der Waals surface area (Å²) in [5.41, 5.74) is 4.05. The fraction of sp³-hybridized carbons (Fsp3) is 0.182. The van der Waals surface area contributed by atoms with E-state index in [9.17, 15) is 0 Å². The quantitative estimate of drug-likeness (QED) is 0.706. The molecule has 0 aromatic carbocycles. The molecule has 1 aliphatic rings. The van der Waals surface area contributed by atoms with Gasteiger partial charge in [-0.1, -0.05) is 0 Å². The van der Waals surface area contributed by atoms with E-state index < -0.39 is 0 Å². The molecule has 15 heavy (non-hydrogen) atoms. The van der Waals surface area contributed by atoms with E-state index in [1.54, 1.807) is 18.7 Å². The summed E-state index contributed by atoms with van der Waals surface area (Å²) in [4.78, 5) is 12.8. The summed E-state index contributed by atoms with van der Waals surface area (Å²) in [5.74, 6) is 0.559. The number of hydrogen-bond acceptors (Lipinski definition) is 4. The van der Waals surface area contributed by atoms with Crippen LogP contribution in [-0.4, -0.2) is 15.7 Å². The summed E-state index contributed by atoms with van der Waals surface area (Å²) in [5, 5.41) is 0. The first kappa shape index (κ1) is 8.35. The van der Waals surface area contributed by atoms with Gasteiger partial charge in [0.15, 0.2) is 0 Å². The van der Waals surface area contributed by atoms with Gasteiger partial charge in [-0.3, -0.25) is 9.98 Å². The number of aliphatic imine (C=N–C) groups is 1. The summed E-state index contributed by atoms with van der Waals surface area (Å²) in [7, 11) is 0. The van der Waals surface area contributed by atoms with E-state index in [1.807, 2.05) is 13.0 Å². The summed E-state index contributed by atoms with van der Waals surface area (Å²) < 4.78 is 5.26. The van der Waals surface area contributed by atoms with Crippen molar-refractivity contribution in [2.24, 2.45) is 4.99 Å². The maximum absolute atomic E-state index is 5.26. The van der Waals surface area contributed by atoms with E-state index in [0.717, 1.165) is 23.5 Å². The summed E-state index contributed by atoms with van der Waals surface area (Å²) in [6.07, 6.45) is 4.95. The molecule has 0 amide bonds. The highest BCUT2D eigenvalue weighted by molar-refractivity contribution is 6.05. The van der Waals surface area contributed by atoms with E-state index in [0.29, 0.717) is 5.89 Å². The first-order valence-electron chi connectivity index (χ1n) is 4.75. The van der Waals surface area contributed by atoms with E-state index in [1.165, 1.54) is 5.56 Å². The minimum atomic E-state index is 0.559. The van der Waals surface area contributed by atoms with Crippen LogP contribution in [0.5, 0.6) is 0 Å². The van der Waals surface area contributed by atoms with Crippen LogP contribution in [0.4, 0.5) is 0 Å². The van der Waals surface area contributed by atoms with E-state index in [-0.39, 0.29) is 0 Å². The Labute approximate surface area is 86.7 Å². The van der Waals surface area contributed by atoms with Gasteiger partial charge in [-0.05, 0) is 18.6 Å². The first-order chi connectivity index (χ1) is 7.36. The number of rotatable bonds is 1. The number of aromatic nitrogens is 2. The second-order valence-corrected chi connectivity index (χ2v) is 3.43. The summed E-state index contributed by atoms with van der Waals surface area (Å²) in [6, 6.07) is 1.99. The smallest absolute Gasteiger partial charge is 0.245 e. The van der Waals surface area contributed by atoms with Crippen LogP contribution >= 0.6 is 0 Å². The molecule has 0 aliphatic carbocycles. The molecule has 0 N–H and O–H groups in total. The van der Waals surface area contributed by atoms with Gasteiger partial charge in [0, 0.05) is 17.5 Å².